The van der Waals surface area contributed by atoms with Crippen molar-refractivity contribution in [2.75, 3.05) is 7.11 Å². The standard InChI is InChI=1S/C18H13NO/c1-3-13-11-15-12-16(20-2)9-10-17(15)19-18(13)14-7-5-4-6-8-14/h1,4-12H,2H3. The van der Waals surface area contributed by atoms with Crippen LogP contribution < -0.4 is 4.74 Å². The van der Waals surface area contributed by atoms with E-state index < -0.39 is 0 Å². The zero-order valence-electron chi connectivity index (χ0n) is 11.1. The minimum Gasteiger partial charge on any atom is -0.497 e. The van der Waals surface area contributed by atoms with Gasteiger partial charge < -0.3 is 4.74 Å². The van der Waals surface area contributed by atoms with Gasteiger partial charge >= 0.3 is 0 Å². The van der Waals surface area contributed by atoms with Crippen LogP contribution in [0.15, 0.2) is 54.6 Å². The molecule has 0 unspecified atom stereocenters. The number of terminal acetylenes is 1. The fourth-order valence-electron chi connectivity index (χ4n) is 2.21. The lowest BCUT2D eigenvalue weighted by Crippen LogP contribution is -1.91. The number of fused-ring (bicyclic) bond motifs is 1. The molecule has 2 aromatic carbocycles. The lowest BCUT2D eigenvalue weighted by atomic mass is 10.0. The van der Waals surface area contributed by atoms with Gasteiger partial charge in [0, 0.05) is 10.9 Å². The lowest BCUT2D eigenvalue weighted by molar-refractivity contribution is 0.415. The molecule has 0 amide bonds. The van der Waals surface area contributed by atoms with Crippen molar-refractivity contribution >= 4 is 10.9 Å². The van der Waals surface area contributed by atoms with Crippen molar-refractivity contribution in [3.63, 3.8) is 0 Å². The van der Waals surface area contributed by atoms with Crippen LogP contribution in [0.4, 0.5) is 0 Å². The van der Waals surface area contributed by atoms with Crippen LogP contribution in [0.2, 0.25) is 0 Å². The predicted octanol–water partition coefficient (Wildman–Crippen LogP) is 3.89. The van der Waals surface area contributed by atoms with Gasteiger partial charge in [0.05, 0.1) is 23.9 Å². The predicted molar refractivity (Wildman–Crippen MR) is 81.7 cm³/mol. The van der Waals surface area contributed by atoms with E-state index >= 15 is 0 Å². The quantitative estimate of drug-likeness (QED) is 0.651. The summed E-state index contributed by atoms with van der Waals surface area (Å²) >= 11 is 0. The molecule has 0 aliphatic heterocycles. The number of benzene rings is 2. The molecule has 0 aliphatic rings. The summed E-state index contributed by atoms with van der Waals surface area (Å²) < 4.78 is 5.23. The SMILES string of the molecule is C#Cc1cc2cc(OC)ccc2nc1-c1ccccc1. The van der Waals surface area contributed by atoms with E-state index in [2.05, 4.69) is 5.92 Å². The molecular formula is C18H13NO. The first-order chi connectivity index (χ1) is 9.81. The summed E-state index contributed by atoms with van der Waals surface area (Å²) in [5, 5.41) is 0.983. The van der Waals surface area contributed by atoms with Crippen molar-refractivity contribution in [2.45, 2.75) is 0 Å². The van der Waals surface area contributed by atoms with Crippen molar-refractivity contribution in [1.82, 2.24) is 4.98 Å². The van der Waals surface area contributed by atoms with E-state index in [0.29, 0.717) is 0 Å². The normalized spacial score (nSPS) is 10.2. The zero-order chi connectivity index (χ0) is 13.9. The van der Waals surface area contributed by atoms with Crippen molar-refractivity contribution in [3.05, 3.63) is 60.2 Å². The second-order valence-electron chi connectivity index (χ2n) is 4.45. The molecule has 0 aliphatic carbocycles. The number of aromatic nitrogens is 1. The molecule has 0 spiro atoms. The molecule has 3 rings (SSSR count). The van der Waals surface area contributed by atoms with E-state index in [4.69, 9.17) is 16.1 Å². The van der Waals surface area contributed by atoms with E-state index in [0.717, 1.165) is 33.5 Å². The highest BCUT2D eigenvalue weighted by Crippen LogP contribution is 2.27. The third kappa shape index (κ3) is 2.10. The van der Waals surface area contributed by atoms with E-state index in [1.54, 1.807) is 7.11 Å². The molecule has 0 fully saturated rings. The number of hydrogen-bond acceptors (Lipinski definition) is 2. The van der Waals surface area contributed by atoms with Crippen molar-refractivity contribution in [3.8, 4) is 29.4 Å². The monoisotopic (exact) mass is 259 g/mol. The number of ether oxygens (including phenoxy) is 1. The lowest BCUT2D eigenvalue weighted by Gasteiger charge is -2.08. The molecule has 0 saturated carbocycles. The van der Waals surface area contributed by atoms with Crippen LogP contribution in [0, 0.1) is 12.3 Å². The molecule has 0 N–H and O–H groups in total. The van der Waals surface area contributed by atoms with Crippen LogP contribution in [0.25, 0.3) is 22.2 Å². The number of pyridine rings is 1. The van der Waals surface area contributed by atoms with Crippen LogP contribution in [0.1, 0.15) is 5.56 Å². The molecule has 0 atom stereocenters. The Morgan fingerprint density at radius 1 is 1.05 bits per heavy atom. The van der Waals surface area contributed by atoms with Crippen molar-refractivity contribution in [2.24, 2.45) is 0 Å². The van der Waals surface area contributed by atoms with Gasteiger partial charge in [0.25, 0.3) is 0 Å². The van der Waals surface area contributed by atoms with Gasteiger partial charge in [-0.1, -0.05) is 36.3 Å². The molecule has 2 nitrogen and oxygen atoms in total. The number of nitrogens with zero attached hydrogens (tertiary/aromatic N) is 1. The van der Waals surface area contributed by atoms with Gasteiger partial charge in [0.2, 0.25) is 0 Å². The van der Waals surface area contributed by atoms with Gasteiger partial charge in [0.1, 0.15) is 5.75 Å². The maximum atomic E-state index is 5.63. The molecule has 0 saturated heterocycles. The van der Waals surface area contributed by atoms with E-state index in [1.165, 1.54) is 0 Å². The van der Waals surface area contributed by atoms with Crippen LogP contribution in [0.3, 0.4) is 0 Å². The van der Waals surface area contributed by atoms with E-state index in [-0.39, 0.29) is 0 Å². The van der Waals surface area contributed by atoms with Gasteiger partial charge in [-0.25, -0.2) is 4.98 Å². The molecule has 2 heteroatoms. The first kappa shape index (κ1) is 12.3. The van der Waals surface area contributed by atoms with Crippen LogP contribution in [-0.4, -0.2) is 12.1 Å². The van der Waals surface area contributed by atoms with Crippen molar-refractivity contribution in [1.29, 1.82) is 0 Å². The summed E-state index contributed by atoms with van der Waals surface area (Å²) in [6.07, 6.45) is 5.63. The number of hydrogen-bond donors (Lipinski definition) is 0. The molecule has 0 radical (unpaired) electrons. The molecule has 1 heterocycles. The van der Waals surface area contributed by atoms with Gasteiger partial charge in [0.15, 0.2) is 0 Å². The van der Waals surface area contributed by atoms with Crippen LogP contribution in [-0.2, 0) is 0 Å². The Balaban J connectivity index is 2.26. The third-order valence-electron chi connectivity index (χ3n) is 3.22. The summed E-state index contributed by atoms with van der Waals surface area (Å²) in [4.78, 5) is 4.69. The molecule has 3 aromatic rings. The summed E-state index contributed by atoms with van der Waals surface area (Å²) in [5.41, 5.74) is 3.56. The van der Waals surface area contributed by atoms with E-state index in [9.17, 15) is 0 Å². The van der Waals surface area contributed by atoms with Gasteiger partial charge in [-0.15, -0.1) is 6.42 Å². The molecule has 20 heavy (non-hydrogen) atoms. The average molecular weight is 259 g/mol. The van der Waals surface area contributed by atoms with Gasteiger partial charge in [-0.05, 0) is 24.3 Å². The summed E-state index contributed by atoms with van der Waals surface area (Å²) in [7, 11) is 1.65. The summed E-state index contributed by atoms with van der Waals surface area (Å²) in [6.45, 7) is 0. The molecule has 96 valence electrons. The Morgan fingerprint density at radius 3 is 2.55 bits per heavy atom. The third-order valence-corrected chi connectivity index (χ3v) is 3.22. The Labute approximate surface area is 118 Å². The Morgan fingerprint density at radius 2 is 1.85 bits per heavy atom. The molecular weight excluding hydrogens is 246 g/mol. The first-order valence-corrected chi connectivity index (χ1v) is 6.32. The largest absolute Gasteiger partial charge is 0.497 e. The second kappa shape index (κ2) is 5.07. The highest BCUT2D eigenvalue weighted by molar-refractivity contribution is 5.86. The number of rotatable bonds is 2. The first-order valence-electron chi connectivity index (χ1n) is 6.32. The topological polar surface area (TPSA) is 22.1 Å². The second-order valence-corrected chi connectivity index (χ2v) is 4.45. The minimum atomic E-state index is 0.789. The maximum absolute atomic E-state index is 5.63. The minimum absolute atomic E-state index is 0.789. The Kier molecular flexibility index (Phi) is 3.10. The van der Waals surface area contributed by atoms with Gasteiger partial charge in [-0.3, -0.25) is 0 Å². The summed E-state index contributed by atoms with van der Waals surface area (Å²) in [6, 6.07) is 17.7. The number of methoxy groups -OCH3 is 1. The average Bonchev–Trinajstić information content (AvgIpc) is 2.53. The van der Waals surface area contributed by atoms with Gasteiger partial charge in [-0.2, -0.15) is 0 Å². The molecule has 1 aromatic heterocycles. The van der Waals surface area contributed by atoms with E-state index in [1.807, 2.05) is 54.6 Å². The van der Waals surface area contributed by atoms with Crippen LogP contribution in [0.5, 0.6) is 5.75 Å². The Bertz CT molecular complexity index is 801. The highest BCUT2D eigenvalue weighted by Gasteiger charge is 2.08. The molecule has 0 bridgehead atoms. The fraction of sp³-hybridized carbons (Fsp3) is 0.0556. The fourth-order valence-corrected chi connectivity index (χ4v) is 2.21. The van der Waals surface area contributed by atoms with Crippen molar-refractivity contribution < 1.29 is 4.74 Å². The van der Waals surface area contributed by atoms with Crippen LogP contribution >= 0.6 is 0 Å². The Hall–Kier alpha value is -2.79. The smallest absolute Gasteiger partial charge is 0.119 e. The zero-order valence-corrected chi connectivity index (χ0v) is 11.1. The maximum Gasteiger partial charge on any atom is 0.119 e. The highest BCUT2D eigenvalue weighted by atomic mass is 16.5. The summed E-state index contributed by atoms with van der Waals surface area (Å²) in [5.74, 6) is 3.52.